The van der Waals surface area contributed by atoms with Gasteiger partial charge in [0, 0.05) is 24.7 Å². The topological polar surface area (TPSA) is 70.7 Å². The van der Waals surface area contributed by atoms with E-state index in [1.807, 2.05) is 4.40 Å². The zero-order valence-corrected chi connectivity index (χ0v) is 11.7. The van der Waals surface area contributed by atoms with E-state index in [1.165, 1.54) is 0 Å². The van der Waals surface area contributed by atoms with E-state index in [9.17, 15) is 4.79 Å². The van der Waals surface area contributed by atoms with Crippen molar-refractivity contribution in [2.45, 2.75) is 32.2 Å². The first-order valence-electron chi connectivity index (χ1n) is 6.88. The first-order valence-corrected chi connectivity index (χ1v) is 6.88. The van der Waals surface area contributed by atoms with Gasteiger partial charge in [0.25, 0.3) is 0 Å². The lowest BCUT2D eigenvalue weighted by Crippen LogP contribution is -2.28. The van der Waals surface area contributed by atoms with E-state index in [1.54, 1.807) is 18.3 Å². The highest BCUT2D eigenvalue weighted by molar-refractivity contribution is 5.87. The van der Waals surface area contributed by atoms with Gasteiger partial charge in [-0.15, -0.1) is 10.2 Å². The minimum absolute atomic E-state index is 0.261. The van der Waals surface area contributed by atoms with Gasteiger partial charge in [-0.2, -0.15) is 0 Å². The van der Waals surface area contributed by atoms with Crippen molar-refractivity contribution in [2.75, 3.05) is 13.1 Å². The van der Waals surface area contributed by atoms with Crippen LogP contribution in [0.3, 0.4) is 0 Å². The second-order valence-corrected chi connectivity index (χ2v) is 5.58. The molecule has 20 heavy (non-hydrogen) atoms. The van der Waals surface area contributed by atoms with Gasteiger partial charge in [-0.3, -0.25) is 4.40 Å². The van der Waals surface area contributed by atoms with E-state index in [-0.39, 0.29) is 5.56 Å². The van der Waals surface area contributed by atoms with Gasteiger partial charge in [0.05, 0.1) is 5.56 Å². The number of carboxylic acids is 1. The molecule has 1 aliphatic heterocycles. The van der Waals surface area contributed by atoms with Gasteiger partial charge in [-0.25, -0.2) is 4.79 Å². The van der Waals surface area contributed by atoms with Crippen LogP contribution in [0.4, 0.5) is 0 Å². The molecular weight excluding hydrogens is 256 g/mol. The summed E-state index contributed by atoms with van der Waals surface area (Å²) in [5.41, 5.74) is 0.963. The number of aromatic nitrogens is 3. The quantitative estimate of drug-likeness (QED) is 0.921. The molecule has 1 unspecified atom stereocenters. The Morgan fingerprint density at radius 1 is 1.40 bits per heavy atom. The third-order valence-electron chi connectivity index (χ3n) is 3.99. The van der Waals surface area contributed by atoms with Gasteiger partial charge >= 0.3 is 5.97 Å². The van der Waals surface area contributed by atoms with Crippen LogP contribution in [0.5, 0.6) is 0 Å². The van der Waals surface area contributed by atoms with Crippen molar-refractivity contribution in [3.05, 3.63) is 29.7 Å². The number of carbonyl (C=O) groups is 1. The van der Waals surface area contributed by atoms with Crippen molar-refractivity contribution in [3.63, 3.8) is 0 Å². The van der Waals surface area contributed by atoms with E-state index in [2.05, 4.69) is 28.9 Å². The number of hydrogen-bond donors (Lipinski definition) is 1. The molecule has 0 bridgehead atoms. The van der Waals surface area contributed by atoms with Crippen LogP contribution < -0.4 is 0 Å². The van der Waals surface area contributed by atoms with Crippen molar-refractivity contribution >= 4 is 11.6 Å². The smallest absolute Gasteiger partial charge is 0.337 e. The number of aromatic carboxylic acids is 1. The van der Waals surface area contributed by atoms with Crippen LogP contribution >= 0.6 is 0 Å². The molecule has 0 saturated carbocycles. The summed E-state index contributed by atoms with van der Waals surface area (Å²) in [6.07, 6.45) is 2.65. The molecule has 3 heterocycles. The average molecular weight is 274 g/mol. The second kappa shape index (κ2) is 4.86. The van der Waals surface area contributed by atoms with Crippen molar-refractivity contribution in [1.82, 2.24) is 19.5 Å². The van der Waals surface area contributed by atoms with Gasteiger partial charge in [-0.1, -0.05) is 0 Å². The first-order chi connectivity index (χ1) is 9.56. The third kappa shape index (κ3) is 2.16. The lowest BCUT2D eigenvalue weighted by Gasteiger charge is -2.19. The zero-order valence-electron chi connectivity index (χ0n) is 11.7. The van der Waals surface area contributed by atoms with E-state index in [4.69, 9.17) is 5.11 Å². The number of pyridine rings is 1. The Kier molecular flexibility index (Phi) is 3.17. The molecule has 2 aromatic heterocycles. The number of hydrogen-bond acceptors (Lipinski definition) is 4. The standard InChI is InChI=1S/C14H18N4O2/c1-9(2)17-6-5-10(7-17)13-16-15-12-4-3-11(14(19)20)8-18(12)13/h3-4,8-10H,5-7H2,1-2H3,(H,19,20). The van der Waals surface area contributed by atoms with E-state index < -0.39 is 5.97 Å². The van der Waals surface area contributed by atoms with Crippen LogP contribution in [0.1, 0.15) is 42.4 Å². The Morgan fingerprint density at radius 3 is 2.85 bits per heavy atom. The van der Waals surface area contributed by atoms with E-state index in [0.29, 0.717) is 17.6 Å². The summed E-state index contributed by atoms with van der Waals surface area (Å²) in [4.78, 5) is 13.5. The molecule has 0 radical (unpaired) electrons. The predicted octanol–water partition coefficient (Wildman–Crippen LogP) is 1.63. The first kappa shape index (κ1) is 13.1. The third-order valence-corrected chi connectivity index (χ3v) is 3.99. The van der Waals surface area contributed by atoms with Crippen molar-refractivity contribution in [3.8, 4) is 0 Å². The Bertz CT molecular complexity index is 650. The van der Waals surface area contributed by atoms with Crippen LogP contribution in [-0.4, -0.2) is 49.7 Å². The SMILES string of the molecule is CC(C)N1CCC(c2nnc3ccc(C(=O)O)cn23)C1. The van der Waals surface area contributed by atoms with Gasteiger partial charge in [0.15, 0.2) is 5.65 Å². The summed E-state index contributed by atoms with van der Waals surface area (Å²) in [5.74, 6) is 0.254. The highest BCUT2D eigenvalue weighted by Crippen LogP contribution is 2.27. The predicted molar refractivity (Wildman–Crippen MR) is 74.0 cm³/mol. The molecule has 0 amide bonds. The van der Waals surface area contributed by atoms with Crippen molar-refractivity contribution in [2.24, 2.45) is 0 Å². The number of nitrogens with zero attached hydrogens (tertiary/aromatic N) is 4. The van der Waals surface area contributed by atoms with Gasteiger partial charge in [0.1, 0.15) is 5.82 Å². The maximum absolute atomic E-state index is 11.1. The molecule has 1 fully saturated rings. The summed E-state index contributed by atoms with van der Waals surface area (Å²) in [6.45, 7) is 6.38. The zero-order chi connectivity index (χ0) is 14.3. The molecule has 6 nitrogen and oxygen atoms in total. The number of carboxylic acid groups (broad SMARTS) is 1. The van der Waals surface area contributed by atoms with Crippen molar-refractivity contribution < 1.29 is 9.90 Å². The molecule has 0 aliphatic carbocycles. The number of fused-ring (bicyclic) bond motifs is 1. The average Bonchev–Trinajstić information content (AvgIpc) is 3.03. The Hall–Kier alpha value is -1.95. The Morgan fingerprint density at radius 2 is 2.20 bits per heavy atom. The fourth-order valence-electron chi connectivity index (χ4n) is 2.78. The number of rotatable bonds is 3. The van der Waals surface area contributed by atoms with Gasteiger partial charge in [0.2, 0.25) is 0 Å². The highest BCUT2D eigenvalue weighted by atomic mass is 16.4. The summed E-state index contributed by atoms with van der Waals surface area (Å²) in [5, 5.41) is 17.5. The van der Waals surface area contributed by atoms with Crippen LogP contribution in [-0.2, 0) is 0 Å². The molecule has 1 aliphatic rings. The lowest BCUT2D eigenvalue weighted by atomic mass is 10.1. The molecular formula is C14H18N4O2. The Labute approximate surface area is 117 Å². The largest absolute Gasteiger partial charge is 0.478 e. The molecule has 2 aromatic rings. The molecule has 3 rings (SSSR count). The van der Waals surface area contributed by atoms with E-state index >= 15 is 0 Å². The fraction of sp³-hybridized carbons (Fsp3) is 0.500. The molecule has 0 spiro atoms. The minimum atomic E-state index is -0.929. The molecule has 106 valence electrons. The summed E-state index contributed by atoms with van der Waals surface area (Å²) in [7, 11) is 0. The van der Waals surface area contributed by atoms with Crippen LogP contribution in [0, 0.1) is 0 Å². The van der Waals surface area contributed by atoms with Crippen LogP contribution in [0.15, 0.2) is 18.3 Å². The number of likely N-dealkylation sites (tertiary alicyclic amines) is 1. The lowest BCUT2D eigenvalue weighted by molar-refractivity contribution is 0.0696. The normalized spacial score (nSPS) is 20.1. The van der Waals surface area contributed by atoms with Crippen LogP contribution in [0.2, 0.25) is 0 Å². The fourth-order valence-corrected chi connectivity index (χ4v) is 2.78. The van der Waals surface area contributed by atoms with Gasteiger partial charge in [-0.05, 0) is 38.9 Å². The minimum Gasteiger partial charge on any atom is -0.478 e. The maximum Gasteiger partial charge on any atom is 0.337 e. The maximum atomic E-state index is 11.1. The summed E-state index contributed by atoms with van der Waals surface area (Å²) < 4.78 is 1.82. The molecule has 6 heteroatoms. The summed E-state index contributed by atoms with van der Waals surface area (Å²) >= 11 is 0. The Balaban J connectivity index is 1.96. The van der Waals surface area contributed by atoms with Crippen molar-refractivity contribution in [1.29, 1.82) is 0 Å². The van der Waals surface area contributed by atoms with Gasteiger partial charge < -0.3 is 10.0 Å². The molecule has 1 N–H and O–H groups in total. The molecule has 1 atom stereocenters. The molecule has 0 aromatic carbocycles. The highest BCUT2D eigenvalue weighted by Gasteiger charge is 2.28. The van der Waals surface area contributed by atoms with E-state index in [0.717, 1.165) is 25.3 Å². The second-order valence-electron chi connectivity index (χ2n) is 5.58. The monoisotopic (exact) mass is 274 g/mol. The van der Waals surface area contributed by atoms with Crippen LogP contribution in [0.25, 0.3) is 5.65 Å². The summed E-state index contributed by atoms with van der Waals surface area (Å²) in [6, 6.07) is 3.79. The molecule has 1 saturated heterocycles.